The summed E-state index contributed by atoms with van der Waals surface area (Å²) < 4.78 is 62.7. The summed E-state index contributed by atoms with van der Waals surface area (Å²) in [5.74, 6) is -1.87. The number of aromatic nitrogens is 7. The topological polar surface area (TPSA) is 194 Å². The van der Waals surface area contributed by atoms with Crippen molar-refractivity contribution in [1.29, 1.82) is 0 Å². The van der Waals surface area contributed by atoms with Crippen molar-refractivity contribution in [3.8, 4) is 17.1 Å². The summed E-state index contributed by atoms with van der Waals surface area (Å²) in [7, 11) is -2.85. The zero-order valence-corrected chi connectivity index (χ0v) is 27.4. The second-order valence-electron chi connectivity index (χ2n) is 12.1. The molecule has 1 saturated heterocycles. The van der Waals surface area contributed by atoms with Crippen LogP contribution in [0.25, 0.3) is 17.1 Å². The number of hydrogen-bond acceptors (Lipinski definition) is 10. The minimum atomic E-state index is -5.03. The van der Waals surface area contributed by atoms with Crippen LogP contribution in [-0.2, 0) is 13.1 Å². The van der Waals surface area contributed by atoms with E-state index in [1.807, 2.05) is 6.92 Å². The number of amides is 2. The molecule has 15 nitrogen and oxygen atoms in total. The van der Waals surface area contributed by atoms with Gasteiger partial charge in [-0.25, -0.2) is 19.1 Å². The van der Waals surface area contributed by atoms with Crippen molar-refractivity contribution in [3.63, 3.8) is 0 Å². The molecule has 0 unspecified atom stereocenters. The predicted molar refractivity (Wildman–Crippen MR) is 171 cm³/mol. The Balaban J connectivity index is 1.41. The van der Waals surface area contributed by atoms with E-state index < -0.39 is 53.5 Å². The van der Waals surface area contributed by atoms with Crippen LogP contribution in [0.1, 0.15) is 46.6 Å². The molecule has 2 fully saturated rings. The van der Waals surface area contributed by atoms with Gasteiger partial charge in [-0.1, -0.05) is 11.6 Å². The summed E-state index contributed by atoms with van der Waals surface area (Å²) in [4.78, 5) is 50.5. The third-order valence-electron chi connectivity index (χ3n) is 8.24. The van der Waals surface area contributed by atoms with Gasteiger partial charge in [0.1, 0.15) is 6.54 Å². The number of nitrogens with one attached hydrogen (secondary N) is 1. The SMILES string of the molecule is CC1(NC(=O)c2ccncc2-n2nc(Cn3nc(-c4ccc(Cl)cc4)n(C[C@H](O)C(F)(F)F)c3=O)nc2C(=O)N2CCS(O)(O)CC2)CC1. The number of benzene rings is 1. The Morgan fingerprint density at radius 3 is 2.41 bits per heavy atom. The standard InChI is InChI=1S/C29H31ClF3N9O6S/c1-28(7-8-28)36-25(44)19-6-9-34-14-20(19)42-24(26(45)39-10-12-49(47,48)13-11-39)35-22(37-42)16-41-27(46)40(15-21(43)29(31,32)33)23(38-41)17-2-4-18(30)5-3-17/h2-6,9,14,21,43,47-48H,7-8,10-13,15-16H2,1H3,(H,36,44)/t21-/m0/s1. The maximum Gasteiger partial charge on any atom is 0.416 e. The first kappa shape index (κ1) is 34.6. The molecule has 3 aromatic heterocycles. The fourth-order valence-corrected chi connectivity index (χ4v) is 6.49. The molecule has 4 aromatic rings. The smallest absolute Gasteiger partial charge is 0.382 e. The molecule has 49 heavy (non-hydrogen) atoms. The van der Waals surface area contributed by atoms with Crippen molar-refractivity contribution >= 4 is 34.0 Å². The molecular weight excluding hydrogens is 695 g/mol. The monoisotopic (exact) mass is 725 g/mol. The van der Waals surface area contributed by atoms with E-state index >= 15 is 0 Å². The van der Waals surface area contributed by atoms with E-state index in [0.717, 1.165) is 22.2 Å². The van der Waals surface area contributed by atoms with E-state index in [0.29, 0.717) is 9.59 Å². The van der Waals surface area contributed by atoms with E-state index in [1.54, 1.807) is 0 Å². The van der Waals surface area contributed by atoms with Crippen molar-refractivity contribution in [1.82, 2.24) is 44.3 Å². The molecule has 1 saturated carbocycles. The highest BCUT2D eigenvalue weighted by Crippen LogP contribution is 2.40. The number of alkyl halides is 3. The fraction of sp³-hybridized carbons (Fsp3) is 0.414. The minimum absolute atomic E-state index is 0.00204. The predicted octanol–water partition coefficient (Wildman–Crippen LogP) is 2.80. The summed E-state index contributed by atoms with van der Waals surface area (Å²) in [6.45, 7) is 0.198. The second kappa shape index (κ2) is 12.9. The Morgan fingerprint density at radius 2 is 1.78 bits per heavy atom. The maximum absolute atomic E-state index is 13.8. The van der Waals surface area contributed by atoms with Gasteiger partial charge >= 0.3 is 11.9 Å². The molecule has 2 aliphatic rings. The molecule has 6 rings (SSSR count). The molecular formula is C29H31ClF3N9O6S. The van der Waals surface area contributed by atoms with E-state index in [1.165, 1.54) is 47.6 Å². The van der Waals surface area contributed by atoms with Gasteiger partial charge in [-0.05, 0) is 50.1 Å². The van der Waals surface area contributed by atoms with E-state index in [9.17, 15) is 41.8 Å². The Kier molecular flexibility index (Phi) is 9.07. The third kappa shape index (κ3) is 7.49. The highest BCUT2D eigenvalue weighted by Gasteiger charge is 2.41. The van der Waals surface area contributed by atoms with Gasteiger partial charge in [-0.3, -0.25) is 28.2 Å². The van der Waals surface area contributed by atoms with Crippen LogP contribution in [0.4, 0.5) is 13.2 Å². The average molecular weight is 726 g/mol. The lowest BCUT2D eigenvalue weighted by Gasteiger charge is -2.40. The third-order valence-corrected chi connectivity index (χ3v) is 10.2. The summed E-state index contributed by atoms with van der Waals surface area (Å²) in [5.41, 5.74) is -0.981. The van der Waals surface area contributed by atoms with E-state index in [-0.39, 0.29) is 64.4 Å². The lowest BCUT2D eigenvalue weighted by atomic mass is 10.2. The Morgan fingerprint density at radius 1 is 1.10 bits per heavy atom. The van der Waals surface area contributed by atoms with Gasteiger partial charge < -0.3 is 15.3 Å². The highest BCUT2D eigenvalue weighted by atomic mass is 35.5. The number of carbonyl (C=O) groups is 2. The summed E-state index contributed by atoms with van der Waals surface area (Å²) >= 11 is 5.97. The number of aliphatic hydroxyl groups excluding tert-OH is 1. The van der Waals surface area contributed by atoms with Gasteiger partial charge in [-0.2, -0.15) is 23.8 Å². The number of rotatable bonds is 9. The molecule has 0 bridgehead atoms. The van der Waals surface area contributed by atoms with Crippen LogP contribution in [0.3, 0.4) is 0 Å². The summed E-state index contributed by atoms with van der Waals surface area (Å²) in [6.07, 6.45) is -3.65. The van der Waals surface area contributed by atoms with Crippen molar-refractivity contribution in [3.05, 3.63) is 75.4 Å². The number of aliphatic hydroxyl groups is 1. The van der Waals surface area contributed by atoms with Gasteiger partial charge in [0.25, 0.3) is 11.8 Å². The van der Waals surface area contributed by atoms with Crippen molar-refractivity contribution in [2.75, 3.05) is 24.6 Å². The quantitative estimate of drug-likeness (QED) is 0.199. The molecule has 2 amide bonds. The van der Waals surface area contributed by atoms with Crippen LogP contribution in [-0.4, -0.2) is 107 Å². The van der Waals surface area contributed by atoms with Gasteiger partial charge in [0.2, 0.25) is 5.82 Å². The first-order valence-corrected chi connectivity index (χ1v) is 17.2. The largest absolute Gasteiger partial charge is 0.416 e. The Hall–Kier alpha value is -4.30. The summed E-state index contributed by atoms with van der Waals surface area (Å²) in [5, 5.41) is 21.8. The number of pyridine rings is 1. The number of hydrogen-bond donors (Lipinski definition) is 4. The van der Waals surface area contributed by atoms with Crippen molar-refractivity contribution in [2.45, 2.75) is 50.7 Å². The lowest BCUT2D eigenvalue weighted by Crippen LogP contribution is -2.43. The lowest BCUT2D eigenvalue weighted by molar-refractivity contribution is -0.207. The van der Waals surface area contributed by atoms with Crippen LogP contribution in [0.5, 0.6) is 0 Å². The number of halogens is 4. The zero-order valence-electron chi connectivity index (χ0n) is 25.8. The first-order valence-electron chi connectivity index (χ1n) is 15.0. The maximum atomic E-state index is 13.8. The van der Waals surface area contributed by atoms with Crippen LogP contribution >= 0.6 is 22.2 Å². The zero-order chi connectivity index (χ0) is 35.3. The fourth-order valence-electron chi connectivity index (χ4n) is 5.13. The van der Waals surface area contributed by atoms with Crippen molar-refractivity contribution < 1.29 is 37.0 Å². The molecule has 1 atom stereocenters. The number of carbonyl (C=O) groups excluding carboxylic acids is 2. The molecule has 4 N–H and O–H groups in total. The first-order chi connectivity index (χ1) is 23.0. The molecule has 20 heteroatoms. The molecule has 1 aromatic carbocycles. The van der Waals surface area contributed by atoms with E-state index in [2.05, 4.69) is 25.5 Å². The Labute approximate surface area is 282 Å². The molecule has 0 spiro atoms. The second-order valence-corrected chi connectivity index (χ2v) is 15.0. The summed E-state index contributed by atoms with van der Waals surface area (Å²) in [6, 6.07) is 7.24. The number of nitrogens with zero attached hydrogens (tertiary/aromatic N) is 8. The molecule has 262 valence electrons. The van der Waals surface area contributed by atoms with E-state index in [4.69, 9.17) is 11.6 Å². The van der Waals surface area contributed by atoms with Crippen LogP contribution in [0.2, 0.25) is 5.02 Å². The van der Waals surface area contributed by atoms with Gasteiger partial charge in [0.05, 0.1) is 35.5 Å². The van der Waals surface area contributed by atoms with Gasteiger partial charge in [0.15, 0.2) is 17.8 Å². The minimum Gasteiger partial charge on any atom is -0.382 e. The highest BCUT2D eigenvalue weighted by molar-refractivity contribution is 8.24. The van der Waals surface area contributed by atoms with Gasteiger partial charge in [-0.15, -0.1) is 10.2 Å². The van der Waals surface area contributed by atoms with Gasteiger partial charge in [0, 0.05) is 35.4 Å². The molecule has 4 heterocycles. The average Bonchev–Trinajstić information content (AvgIpc) is 3.49. The van der Waals surface area contributed by atoms with Crippen LogP contribution in [0.15, 0.2) is 47.5 Å². The Bertz CT molecular complexity index is 1950. The van der Waals surface area contributed by atoms with Crippen molar-refractivity contribution in [2.24, 2.45) is 0 Å². The molecule has 1 aliphatic carbocycles. The normalized spacial score (nSPS) is 18.2. The molecule has 0 radical (unpaired) electrons. The van der Waals surface area contributed by atoms with Crippen LogP contribution in [0, 0.1) is 0 Å². The van der Waals surface area contributed by atoms with Crippen LogP contribution < -0.4 is 11.0 Å². The molecule has 1 aliphatic heterocycles.